The summed E-state index contributed by atoms with van der Waals surface area (Å²) in [6.45, 7) is 5.83. The number of aliphatic hydroxyl groups excluding tert-OH is 1. The maximum absolute atomic E-state index is 14.4. The number of ether oxygens (including phenoxy) is 1. The highest BCUT2D eigenvalue weighted by atomic mass is 28.4. The van der Waals surface area contributed by atoms with Gasteiger partial charge in [0.15, 0.2) is 13.9 Å². The van der Waals surface area contributed by atoms with Crippen LogP contribution in [-0.2, 0) is 32.9 Å². The van der Waals surface area contributed by atoms with Crippen LogP contribution in [0.5, 0.6) is 0 Å². The average molecular weight is 662 g/mol. The zero-order valence-corrected chi connectivity index (χ0v) is 28.5. The zero-order chi connectivity index (χ0) is 33.7. The molecule has 4 aromatic carbocycles. The number of anilines is 3. The maximum atomic E-state index is 14.4. The van der Waals surface area contributed by atoms with E-state index in [9.17, 15) is 24.3 Å². The molecule has 0 unspecified atom stereocenters. The zero-order valence-electron chi connectivity index (χ0n) is 27.5. The lowest BCUT2D eigenvalue weighted by Crippen LogP contribution is -2.48. The first-order valence-corrected chi connectivity index (χ1v) is 19.6. The molecule has 5 atom stereocenters. The molecule has 4 aliphatic rings. The first-order valence-electron chi connectivity index (χ1n) is 16.6. The number of hydrogen-bond donors (Lipinski definition) is 2. The van der Waals surface area contributed by atoms with Gasteiger partial charge in [-0.3, -0.25) is 19.3 Å². The predicted molar refractivity (Wildman–Crippen MR) is 186 cm³/mol. The van der Waals surface area contributed by atoms with Crippen molar-refractivity contribution in [1.29, 1.82) is 0 Å². The molecule has 0 radical (unpaired) electrons. The number of likely N-dealkylation sites (N-methyl/N-ethyl adjacent to an activating group) is 1. The summed E-state index contributed by atoms with van der Waals surface area (Å²) in [7, 11) is -1.30. The van der Waals surface area contributed by atoms with Crippen molar-refractivity contribution < 1.29 is 29.0 Å². The molecule has 1 fully saturated rings. The Morgan fingerprint density at radius 2 is 1.71 bits per heavy atom. The van der Waals surface area contributed by atoms with Crippen LogP contribution in [0, 0.1) is 5.92 Å². The van der Waals surface area contributed by atoms with Crippen LogP contribution in [-0.4, -0.2) is 66.6 Å². The van der Waals surface area contributed by atoms with Gasteiger partial charge in [-0.15, -0.1) is 0 Å². The van der Waals surface area contributed by atoms with Crippen LogP contribution in [0.25, 0.3) is 10.8 Å². The van der Waals surface area contributed by atoms with Crippen LogP contribution in [0.3, 0.4) is 0 Å². The molecule has 9 nitrogen and oxygen atoms in total. The molecule has 4 aromatic rings. The van der Waals surface area contributed by atoms with E-state index < -0.39 is 31.5 Å². The summed E-state index contributed by atoms with van der Waals surface area (Å²) >= 11 is 0. The van der Waals surface area contributed by atoms with E-state index in [0.29, 0.717) is 35.5 Å². The Labute approximate surface area is 280 Å². The summed E-state index contributed by atoms with van der Waals surface area (Å²) in [6.07, 6.45) is -0.199. The molecule has 0 aliphatic carbocycles. The Bertz CT molecular complexity index is 2020. The molecule has 10 heteroatoms. The minimum absolute atomic E-state index is 0.0274. The van der Waals surface area contributed by atoms with Crippen molar-refractivity contribution in [3.05, 3.63) is 101 Å². The second-order valence-corrected chi connectivity index (χ2v) is 18.3. The monoisotopic (exact) mass is 661 g/mol. The molecule has 0 bridgehead atoms. The topological polar surface area (TPSA) is 111 Å². The van der Waals surface area contributed by atoms with E-state index in [1.807, 2.05) is 98.9 Å². The van der Waals surface area contributed by atoms with Crippen LogP contribution < -0.4 is 9.80 Å². The number of fused-ring (bicyclic) bond motifs is 3. The number of benzene rings is 4. The number of carbonyl (C=O) groups is 3. The standard InChI is InChI=1S/C38H39N3O6Si/c1-22-35(48(3,4)46)32(19-33(43)40-20-25-10-6-5-9-24(25)17-27(40)21-42)47-38(22)29-18-26(15-16-30(29)39(2)37(38)45)41-31-14-8-12-23-11-7-13-28(34(23)31)36(41)44/h5-16,18,22,27,32,35,42,46H,17,19-21H2,1-4H3/t22-,27+,32+,35-,38+/m1/s1. The number of nitrogens with zero attached hydrogens (tertiary/aromatic N) is 3. The lowest BCUT2D eigenvalue weighted by atomic mass is 9.82. The fourth-order valence-electron chi connectivity index (χ4n) is 9.01. The van der Waals surface area contributed by atoms with Gasteiger partial charge < -0.3 is 24.4 Å². The van der Waals surface area contributed by atoms with E-state index in [0.717, 1.165) is 27.6 Å². The van der Waals surface area contributed by atoms with Crippen molar-refractivity contribution in [2.75, 3.05) is 23.5 Å². The lowest BCUT2D eigenvalue weighted by Gasteiger charge is -2.37. The van der Waals surface area contributed by atoms with E-state index in [4.69, 9.17) is 4.74 Å². The highest BCUT2D eigenvalue weighted by Crippen LogP contribution is 2.60. The first-order chi connectivity index (χ1) is 23.0. The third kappa shape index (κ3) is 4.29. The van der Waals surface area contributed by atoms with Gasteiger partial charge in [0.2, 0.25) is 5.91 Å². The molecule has 1 spiro atoms. The fraction of sp³-hybridized carbons (Fsp3) is 0.342. The summed E-state index contributed by atoms with van der Waals surface area (Å²) in [5.74, 6) is -1.03. The Balaban J connectivity index is 1.18. The Hall–Kier alpha value is -4.35. The minimum Gasteiger partial charge on any atom is -0.432 e. The van der Waals surface area contributed by atoms with Gasteiger partial charge in [-0.05, 0) is 66.4 Å². The molecule has 4 heterocycles. The van der Waals surface area contributed by atoms with Crippen LogP contribution in [0.2, 0.25) is 18.6 Å². The van der Waals surface area contributed by atoms with E-state index >= 15 is 0 Å². The molecular weight excluding hydrogens is 623 g/mol. The number of aliphatic hydroxyl groups is 1. The highest BCUT2D eigenvalue weighted by molar-refractivity contribution is 6.71. The highest BCUT2D eigenvalue weighted by Gasteiger charge is 2.66. The smallest absolute Gasteiger partial charge is 0.264 e. The van der Waals surface area contributed by atoms with Gasteiger partial charge in [-0.1, -0.05) is 55.5 Å². The molecule has 48 heavy (non-hydrogen) atoms. The molecule has 3 amide bonds. The molecule has 8 rings (SSSR count). The van der Waals surface area contributed by atoms with Crippen molar-refractivity contribution in [2.24, 2.45) is 5.92 Å². The summed E-state index contributed by atoms with van der Waals surface area (Å²) in [5.41, 5.74) is 3.62. The number of rotatable bonds is 5. The molecule has 2 N–H and O–H groups in total. The van der Waals surface area contributed by atoms with Crippen molar-refractivity contribution in [3.8, 4) is 0 Å². The SMILES string of the molecule is C[C@@H]1[C@@H]([Si](C)(C)O)[C@H](CC(=O)N2Cc3ccccc3C[C@H]2CO)O[C@@]12C(=O)N(C)c1ccc(N3C(=O)c4cccc5cccc3c45)cc12. The van der Waals surface area contributed by atoms with Gasteiger partial charge in [0, 0.05) is 41.7 Å². The van der Waals surface area contributed by atoms with Crippen LogP contribution in [0.1, 0.15) is 40.4 Å². The second kappa shape index (κ2) is 10.8. The van der Waals surface area contributed by atoms with Crippen molar-refractivity contribution in [3.63, 3.8) is 0 Å². The summed E-state index contributed by atoms with van der Waals surface area (Å²) < 4.78 is 6.90. The number of carbonyl (C=O) groups excluding carboxylic acids is 3. The van der Waals surface area contributed by atoms with Gasteiger partial charge in [0.1, 0.15) is 0 Å². The van der Waals surface area contributed by atoms with E-state index in [1.165, 1.54) is 0 Å². The van der Waals surface area contributed by atoms with Crippen LogP contribution in [0.4, 0.5) is 17.1 Å². The van der Waals surface area contributed by atoms with Crippen molar-refractivity contribution in [1.82, 2.24) is 4.90 Å². The lowest BCUT2D eigenvalue weighted by molar-refractivity contribution is -0.150. The minimum atomic E-state index is -3.02. The molecule has 246 valence electrons. The summed E-state index contributed by atoms with van der Waals surface area (Å²) in [6, 6.07) is 24.8. The molecule has 4 aliphatic heterocycles. The predicted octanol–water partition coefficient (Wildman–Crippen LogP) is 5.24. The van der Waals surface area contributed by atoms with Gasteiger partial charge >= 0.3 is 0 Å². The molecule has 0 aromatic heterocycles. The second-order valence-electron chi connectivity index (χ2n) is 14.3. The third-order valence-electron chi connectivity index (χ3n) is 11.2. The Morgan fingerprint density at radius 1 is 0.979 bits per heavy atom. The summed E-state index contributed by atoms with van der Waals surface area (Å²) in [4.78, 5) is 59.1. The first kappa shape index (κ1) is 30.9. The number of amides is 3. The fourth-order valence-corrected chi connectivity index (χ4v) is 11.6. The molecular formula is C38H39N3O6Si. The van der Waals surface area contributed by atoms with Gasteiger partial charge in [0.05, 0.1) is 42.1 Å². The Kier molecular flexibility index (Phi) is 6.98. The quantitative estimate of drug-likeness (QED) is 0.283. The number of hydrogen-bond acceptors (Lipinski definition) is 6. The van der Waals surface area contributed by atoms with Gasteiger partial charge in [-0.25, -0.2) is 0 Å². The normalized spacial score (nSPS) is 26.2. The third-order valence-corrected chi connectivity index (χ3v) is 13.7. The van der Waals surface area contributed by atoms with Gasteiger partial charge in [0.25, 0.3) is 11.8 Å². The van der Waals surface area contributed by atoms with E-state index in [1.54, 1.807) is 21.7 Å². The molecule has 0 saturated carbocycles. The van der Waals surface area contributed by atoms with Crippen molar-refractivity contribution in [2.45, 2.75) is 62.7 Å². The largest absolute Gasteiger partial charge is 0.432 e. The van der Waals surface area contributed by atoms with Crippen LogP contribution >= 0.6 is 0 Å². The van der Waals surface area contributed by atoms with Crippen LogP contribution in [0.15, 0.2) is 78.9 Å². The Morgan fingerprint density at radius 3 is 2.44 bits per heavy atom. The van der Waals surface area contributed by atoms with Gasteiger partial charge in [-0.2, -0.15) is 0 Å². The average Bonchev–Trinajstić information content (AvgIpc) is 3.62. The van der Waals surface area contributed by atoms with E-state index in [2.05, 4.69) is 0 Å². The van der Waals surface area contributed by atoms with E-state index in [-0.39, 0.29) is 36.8 Å². The van der Waals surface area contributed by atoms with Crippen molar-refractivity contribution >= 4 is 53.9 Å². The molecule has 1 saturated heterocycles. The maximum Gasteiger partial charge on any atom is 0.264 e. The summed E-state index contributed by atoms with van der Waals surface area (Å²) in [5, 5.41) is 12.1.